The first kappa shape index (κ1) is 18.1. The lowest BCUT2D eigenvalue weighted by Gasteiger charge is -2.06. The third kappa shape index (κ3) is 3.86. The van der Waals surface area contributed by atoms with Gasteiger partial charge >= 0.3 is 5.97 Å². The first-order chi connectivity index (χ1) is 14.0. The zero-order chi connectivity index (χ0) is 20.4. The number of benzene rings is 2. The number of carboxylic acid groups (broad SMARTS) is 1. The lowest BCUT2D eigenvalue weighted by molar-refractivity contribution is 0.0690. The SMILES string of the molecule is O=C(O)c1ccc(Nc2cc(-c3ccc(-c4ccc(O)cc4O)cc3)[nH]n2)cn1. The van der Waals surface area contributed by atoms with Crippen LogP contribution >= 0.6 is 0 Å². The first-order valence-electron chi connectivity index (χ1n) is 8.64. The van der Waals surface area contributed by atoms with Crippen molar-refractivity contribution in [2.45, 2.75) is 0 Å². The summed E-state index contributed by atoms with van der Waals surface area (Å²) in [5.74, 6) is -0.505. The van der Waals surface area contributed by atoms with Crippen LogP contribution in [-0.2, 0) is 0 Å². The second kappa shape index (κ2) is 7.35. The number of anilines is 2. The van der Waals surface area contributed by atoms with E-state index in [-0.39, 0.29) is 17.2 Å². The molecule has 0 radical (unpaired) electrons. The average molecular weight is 388 g/mol. The number of H-pyrrole nitrogens is 1. The number of carbonyl (C=O) groups is 1. The number of pyridine rings is 1. The van der Waals surface area contributed by atoms with E-state index in [9.17, 15) is 15.0 Å². The van der Waals surface area contributed by atoms with Crippen molar-refractivity contribution < 1.29 is 20.1 Å². The Balaban J connectivity index is 1.51. The molecule has 0 aliphatic heterocycles. The predicted molar refractivity (Wildman–Crippen MR) is 107 cm³/mol. The topological polar surface area (TPSA) is 131 Å². The summed E-state index contributed by atoms with van der Waals surface area (Å²) in [7, 11) is 0. The summed E-state index contributed by atoms with van der Waals surface area (Å²) in [5.41, 5.74) is 3.70. The maximum atomic E-state index is 10.9. The molecule has 144 valence electrons. The number of hydrogen-bond donors (Lipinski definition) is 5. The number of carboxylic acids is 1. The molecule has 0 amide bonds. The highest BCUT2D eigenvalue weighted by Gasteiger charge is 2.09. The Morgan fingerprint density at radius 3 is 2.34 bits per heavy atom. The Bertz CT molecular complexity index is 1170. The van der Waals surface area contributed by atoms with Gasteiger partial charge in [-0.15, -0.1) is 0 Å². The van der Waals surface area contributed by atoms with Gasteiger partial charge in [0.15, 0.2) is 5.82 Å². The molecule has 0 aliphatic rings. The molecule has 0 saturated heterocycles. The third-order valence-corrected chi connectivity index (χ3v) is 4.32. The van der Waals surface area contributed by atoms with Crippen molar-refractivity contribution in [2.24, 2.45) is 0 Å². The van der Waals surface area contributed by atoms with Gasteiger partial charge in [0.2, 0.25) is 0 Å². The maximum Gasteiger partial charge on any atom is 0.354 e. The average Bonchev–Trinajstić information content (AvgIpc) is 3.17. The molecule has 2 heterocycles. The lowest BCUT2D eigenvalue weighted by atomic mass is 10.0. The molecule has 29 heavy (non-hydrogen) atoms. The quantitative estimate of drug-likeness (QED) is 0.349. The van der Waals surface area contributed by atoms with Crippen LogP contribution in [0.3, 0.4) is 0 Å². The normalized spacial score (nSPS) is 10.6. The van der Waals surface area contributed by atoms with Crippen LogP contribution in [0.5, 0.6) is 11.5 Å². The molecule has 2 aromatic carbocycles. The number of nitrogens with zero attached hydrogens (tertiary/aromatic N) is 2. The Morgan fingerprint density at radius 1 is 0.931 bits per heavy atom. The second-order valence-corrected chi connectivity index (χ2v) is 6.31. The number of rotatable bonds is 5. The van der Waals surface area contributed by atoms with Crippen LogP contribution in [0.25, 0.3) is 22.4 Å². The highest BCUT2D eigenvalue weighted by atomic mass is 16.4. The van der Waals surface area contributed by atoms with E-state index in [1.54, 1.807) is 12.1 Å². The van der Waals surface area contributed by atoms with Crippen LogP contribution in [0.2, 0.25) is 0 Å². The van der Waals surface area contributed by atoms with Crippen molar-refractivity contribution in [3.8, 4) is 33.9 Å². The molecule has 2 aromatic heterocycles. The van der Waals surface area contributed by atoms with E-state index < -0.39 is 5.97 Å². The number of aromatic nitrogens is 3. The van der Waals surface area contributed by atoms with E-state index in [0.717, 1.165) is 16.8 Å². The zero-order valence-electron chi connectivity index (χ0n) is 15.0. The smallest absolute Gasteiger partial charge is 0.354 e. The minimum atomic E-state index is -1.08. The van der Waals surface area contributed by atoms with E-state index in [4.69, 9.17) is 5.11 Å². The van der Waals surface area contributed by atoms with Crippen molar-refractivity contribution in [1.29, 1.82) is 0 Å². The number of phenolic OH excluding ortho intramolecular Hbond substituents is 2. The molecule has 4 rings (SSSR count). The number of nitrogens with one attached hydrogen (secondary N) is 2. The van der Waals surface area contributed by atoms with Crippen LogP contribution in [0.15, 0.2) is 66.9 Å². The molecule has 4 aromatic rings. The third-order valence-electron chi connectivity index (χ3n) is 4.32. The zero-order valence-corrected chi connectivity index (χ0v) is 15.0. The van der Waals surface area contributed by atoms with E-state index in [2.05, 4.69) is 20.5 Å². The minimum absolute atomic E-state index is 0.00756. The van der Waals surface area contributed by atoms with Gasteiger partial charge in [-0.1, -0.05) is 24.3 Å². The summed E-state index contributed by atoms with van der Waals surface area (Å²) in [4.78, 5) is 14.7. The van der Waals surface area contributed by atoms with Crippen LogP contribution in [0, 0.1) is 0 Å². The van der Waals surface area contributed by atoms with Gasteiger partial charge in [-0.3, -0.25) is 5.10 Å². The molecular formula is C21H16N4O4. The number of aromatic hydroxyl groups is 2. The van der Waals surface area contributed by atoms with E-state index in [1.807, 2.05) is 30.3 Å². The van der Waals surface area contributed by atoms with Crippen LogP contribution in [-0.4, -0.2) is 36.5 Å². The fourth-order valence-electron chi connectivity index (χ4n) is 2.87. The van der Waals surface area contributed by atoms with Crippen LogP contribution in [0.4, 0.5) is 11.5 Å². The summed E-state index contributed by atoms with van der Waals surface area (Å²) < 4.78 is 0. The van der Waals surface area contributed by atoms with Crippen molar-refractivity contribution in [1.82, 2.24) is 15.2 Å². The molecule has 0 saturated carbocycles. The number of aromatic carboxylic acids is 1. The van der Waals surface area contributed by atoms with Gasteiger partial charge in [-0.25, -0.2) is 9.78 Å². The fourth-order valence-corrected chi connectivity index (χ4v) is 2.87. The maximum absolute atomic E-state index is 10.9. The molecule has 0 fully saturated rings. The van der Waals surface area contributed by atoms with E-state index in [1.165, 1.54) is 24.4 Å². The van der Waals surface area contributed by atoms with Crippen molar-refractivity contribution in [3.05, 3.63) is 72.6 Å². The molecule has 5 N–H and O–H groups in total. The van der Waals surface area contributed by atoms with Gasteiger partial charge in [0.1, 0.15) is 17.2 Å². The van der Waals surface area contributed by atoms with Crippen molar-refractivity contribution in [2.75, 3.05) is 5.32 Å². The van der Waals surface area contributed by atoms with Gasteiger partial charge in [0.05, 0.1) is 17.6 Å². The van der Waals surface area contributed by atoms with Crippen LogP contribution < -0.4 is 5.32 Å². The molecule has 0 spiro atoms. The van der Waals surface area contributed by atoms with Crippen LogP contribution in [0.1, 0.15) is 10.5 Å². The first-order valence-corrected chi connectivity index (χ1v) is 8.64. The van der Waals surface area contributed by atoms with E-state index >= 15 is 0 Å². The predicted octanol–water partition coefficient (Wildman–Crippen LogP) is 3.99. The molecule has 0 bridgehead atoms. The lowest BCUT2D eigenvalue weighted by Crippen LogP contribution is -2.00. The van der Waals surface area contributed by atoms with Gasteiger partial charge in [-0.2, -0.15) is 5.10 Å². The molecule has 0 unspecified atom stereocenters. The molecule has 0 atom stereocenters. The monoisotopic (exact) mass is 388 g/mol. The second-order valence-electron chi connectivity index (χ2n) is 6.31. The van der Waals surface area contributed by atoms with Gasteiger partial charge in [-0.05, 0) is 35.4 Å². The standard InChI is InChI=1S/C21H16N4O4/c26-15-6-7-16(19(27)9-15)12-1-3-13(4-2-12)18-10-20(25-24-18)23-14-5-8-17(21(28)29)22-11-14/h1-11,26-27H,(H,28,29)(H2,23,24,25). The summed E-state index contributed by atoms with van der Waals surface area (Å²) in [5, 5.41) is 38.5. The van der Waals surface area contributed by atoms with Gasteiger partial charge in [0, 0.05) is 17.7 Å². The van der Waals surface area contributed by atoms with E-state index in [0.29, 0.717) is 17.1 Å². The summed E-state index contributed by atoms with van der Waals surface area (Å²) in [6, 6.07) is 16.8. The fraction of sp³-hybridized carbons (Fsp3) is 0. The van der Waals surface area contributed by atoms with Gasteiger partial charge in [0.25, 0.3) is 0 Å². The molecular weight excluding hydrogens is 372 g/mol. The van der Waals surface area contributed by atoms with Crippen molar-refractivity contribution >= 4 is 17.5 Å². The highest BCUT2D eigenvalue weighted by Crippen LogP contribution is 2.33. The molecule has 8 nitrogen and oxygen atoms in total. The molecule has 8 heteroatoms. The Kier molecular flexibility index (Phi) is 4.58. The minimum Gasteiger partial charge on any atom is -0.508 e. The number of aromatic amines is 1. The summed E-state index contributed by atoms with van der Waals surface area (Å²) >= 11 is 0. The molecule has 0 aliphatic carbocycles. The number of phenols is 2. The largest absolute Gasteiger partial charge is 0.508 e. The Morgan fingerprint density at radius 2 is 1.69 bits per heavy atom. The van der Waals surface area contributed by atoms with Crippen molar-refractivity contribution in [3.63, 3.8) is 0 Å². The Hall–Kier alpha value is -4.33. The highest BCUT2D eigenvalue weighted by molar-refractivity contribution is 5.85. The number of hydrogen-bond acceptors (Lipinski definition) is 6. The summed E-state index contributed by atoms with van der Waals surface area (Å²) in [6.45, 7) is 0. The van der Waals surface area contributed by atoms with Gasteiger partial charge < -0.3 is 20.6 Å². The summed E-state index contributed by atoms with van der Waals surface area (Å²) in [6.07, 6.45) is 1.43. The Labute approximate surface area is 165 Å².